The van der Waals surface area contributed by atoms with Crippen molar-refractivity contribution in [2.75, 3.05) is 32.0 Å². The SMILES string of the molecule is Nc1ncc(-c2cn([C@@H]3[C@@H]4CN(C5COC5)C[C@@H]43)c(C3CCC3)n2)cc1OC(F)F. The van der Waals surface area contributed by atoms with Crippen molar-refractivity contribution in [1.82, 2.24) is 19.4 Å². The van der Waals surface area contributed by atoms with Crippen LogP contribution in [-0.2, 0) is 4.74 Å². The molecule has 160 valence electrons. The zero-order chi connectivity index (χ0) is 20.4. The third-order valence-corrected chi connectivity index (χ3v) is 7.26. The van der Waals surface area contributed by atoms with Gasteiger partial charge >= 0.3 is 6.61 Å². The number of alkyl halides is 2. The molecule has 2 saturated carbocycles. The maximum absolute atomic E-state index is 12.7. The van der Waals surface area contributed by atoms with Gasteiger partial charge in [0.05, 0.1) is 24.9 Å². The van der Waals surface area contributed by atoms with E-state index in [-0.39, 0.29) is 11.6 Å². The standard InChI is InChI=1S/C21H25F2N5O2/c22-21(23)30-17-4-12(5-25-19(17)24)16-8-28(20(26-16)11-2-1-3-11)18-14-6-27(7-15(14)18)13-9-29-10-13/h4-5,8,11,13-15,18,21H,1-3,6-7,9-10H2,(H2,24,25)/t14-,15+,18-. The number of aromatic nitrogens is 3. The number of ether oxygens (including phenoxy) is 2. The lowest BCUT2D eigenvalue weighted by Crippen LogP contribution is -2.49. The van der Waals surface area contributed by atoms with Crippen LogP contribution < -0.4 is 10.5 Å². The highest BCUT2D eigenvalue weighted by Gasteiger charge is 2.58. The molecule has 0 amide bonds. The first-order valence-electron chi connectivity index (χ1n) is 10.7. The van der Waals surface area contributed by atoms with Gasteiger partial charge in [-0.15, -0.1) is 0 Å². The molecule has 4 fully saturated rings. The minimum absolute atomic E-state index is 0.0468. The van der Waals surface area contributed by atoms with Gasteiger partial charge in [0.15, 0.2) is 11.6 Å². The summed E-state index contributed by atoms with van der Waals surface area (Å²) in [5, 5.41) is 0. The molecule has 2 aliphatic carbocycles. The Bertz CT molecular complexity index is 947. The highest BCUT2D eigenvalue weighted by atomic mass is 19.3. The second kappa shape index (κ2) is 6.88. The van der Waals surface area contributed by atoms with Crippen molar-refractivity contribution in [1.29, 1.82) is 0 Å². The number of nitrogens with two attached hydrogens (primary N) is 1. The molecule has 6 rings (SSSR count). The fourth-order valence-corrected chi connectivity index (χ4v) is 5.21. The third kappa shape index (κ3) is 2.98. The average molecular weight is 417 g/mol. The van der Waals surface area contributed by atoms with Gasteiger partial charge in [0, 0.05) is 43.0 Å². The maximum atomic E-state index is 12.7. The van der Waals surface area contributed by atoms with E-state index in [1.165, 1.54) is 12.5 Å². The number of likely N-dealkylation sites (tertiary alicyclic amines) is 1. The molecule has 0 bridgehead atoms. The van der Waals surface area contributed by atoms with Crippen molar-refractivity contribution in [3.8, 4) is 17.0 Å². The molecule has 2 aliphatic heterocycles. The first-order valence-corrected chi connectivity index (χ1v) is 10.7. The summed E-state index contributed by atoms with van der Waals surface area (Å²) < 4.78 is 37.6. The third-order valence-electron chi connectivity index (χ3n) is 7.26. The van der Waals surface area contributed by atoms with Crippen LogP contribution >= 0.6 is 0 Å². The maximum Gasteiger partial charge on any atom is 0.387 e. The van der Waals surface area contributed by atoms with E-state index in [0.717, 1.165) is 50.7 Å². The number of piperidine rings is 1. The fourth-order valence-electron chi connectivity index (χ4n) is 5.21. The molecule has 30 heavy (non-hydrogen) atoms. The molecule has 2 saturated heterocycles. The van der Waals surface area contributed by atoms with Gasteiger partial charge in [-0.25, -0.2) is 9.97 Å². The van der Waals surface area contributed by atoms with Crippen LogP contribution in [0.25, 0.3) is 11.3 Å². The van der Waals surface area contributed by atoms with Gasteiger partial charge in [-0.05, 0) is 30.7 Å². The lowest BCUT2D eigenvalue weighted by Gasteiger charge is -2.36. The van der Waals surface area contributed by atoms with Crippen molar-refractivity contribution < 1.29 is 18.3 Å². The average Bonchev–Trinajstić information content (AvgIpc) is 2.97. The molecule has 9 heteroatoms. The molecular weight excluding hydrogens is 392 g/mol. The van der Waals surface area contributed by atoms with Crippen molar-refractivity contribution in [3.63, 3.8) is 0 Å². The summed E-state index contributed by atoms with van der Waals surface area (Å²) in [6.07, 6.45) is 7.20. The molecule has 2 aromatic rings. The normalized spacial score (nSPS) is 29.0. The summed E-state index contributed by atoms with van der Waals surface area (Å²) in [6.45, 7) is 1.02. The van der Waals surface area contributed by atoms with Crippen LogP contribution in [0.2, 0.25) is 0 Å². The Morgan fingerprint density at radius 3 is 2.57 bits per heavy atom. The molecule has 0 radical (unpaired) electrons. The Labute approximate surface area is 173 Å². The monoisotopic (exact) mass is 417 g/mol. The molecule has 2 aromatic heterocycles. The van der Waals surface area contributed by atoms with Gasteiger partial charge < -0.3 is 19.8 Å². The first kappa shape index (κ1) is 18.5. The molecular formula is C21H25F2N5O2. The Kier molecular flexibility index (Phi) is 4.24. The lowest BCUT2D eigenvalue weighted by atomic mass is 9.85. The van der Waals surface area contributed by atoms with E-state index in [2.05, 4.69) is 25.4 Å². The summed E-state index contributed by atoms with van der Waals surface area (Å²) in [4.78, 5) is 11.5. The molecule has 3 atom stereocenters. The van der Waals surface area contributed by atoms with E-state index in [1.807, 2.05) is 0 Å². The number of hydrogen-bond acceptors (Lipinski definition) is 6. The Balaban J connectivity index is 1.28. The summed E-state index contributed by atoms with van der Waals surface area (Å²) in [5.41, 5.74) is 7.09. The van der Waals surface area contributed by atoms with Crippen molar-refractivity contribution in [2.45, 2.75) is 43.9 Å². The molecule has 4 heterocycles. The number of rotatable bonds is 6. The summed E-state index contributed by atoms with van der Waals surface area (Å²) in [5.74, 6) is 2.78. The van der Waals surface area contributed by atoms with Gasteiger partial charge in [0.25, 0.3) is 0 Å². The van der Waals surface area contributed by atoms with E-state index < -0.39 is 6.61 Å². The van der Waals surface area contributed by atoms with Gasteiger partial charge in [0.1, 0.15) is 5.82 Å². The second-order valence-electron chi connectivity index (χ2n) is 8.97. The van der Waals surface area contributed by atoms with Gasteiger partial charge in [-0.1, -0.05) is 6.42 Å². The number of anilines is 1. The molecule has 0 spiro atoms. The van der Waals surface area contributed by atoms with Crippen molar-refractivity contribution in [2.24, 2.45) is 11.8 Å². The van der Waals surface area contributed by atoms with Crippen molar-refractivity contribution >= 4 is 5.82 Å². The minimum Gasteiger partial charge on any atom is -0.431 e. The quantitative estimate of drug-likeness (QED) is 0.779. The largest absolute Gasteiger partial charge is 0.431 e. The number of hydrogen-bond donors (Lipinski definition) is 1. The molecule has 0 aromatic carbocycles. The molecule has 4 aliphatic rings. The summed E-state index contributed by atoms with van der Waals surface area (Å²) in [7, 11) is 0. The Morgan fingerprint density at radius 1 is 1.20 bits per heavy atom. The van der Waals surface area contributed by atoms with Crippen LogP contribution in [0.4, 0.5) is 14.6 Å². The molecule has 7 nitrogen and oxygen atoms in total. The predicted molar refractivity (Wildman–Crippen MR) is 105 cm³/mol. The molecule has 0 unspecified atom stereocenters. The van der Waals surface area contributed by atoms with Crippen LogP contribution in [-0.4, -0.2) is 58.4 Å². The van der Waals surface area contributed by atoms with Crippen LogP contribution in [0.1, 0.15) is 37.0 Å². The number of nitrogen functional groups attached to an aromatic ring is 1. The number of halogens is 2. The zero-order valence-corrected chi connectivity index (χ0v) is 16.6. The predicted octanol–water partition coefficient (Wildman–Crippen LogP) is 2.90. The minimum atomic E-state index is -2.94. The Morgan fingerprint density at radius 2 is 1.97 bits per heavy atom. The zero-order valence-electron chi connectivity index (χ0n) is 16.6. The van der Waals surface area contributed by atoms with E-state index in [1.54, 1.807) is 6.20 Å². The van der Waals surface area contributed by atoms with E-state index in [0.29, 0.717) is 35.4 Å². The summed E-state index contributed by atoms with van der Waals surface area (Å²) in [6, 6.07) is 2.59. The topological polar surface area (TPSA) is 78.4 Å². The van der Waals surface area contributed by atoms with Gasteiger partial charge in [0.2, 0.25) is 0 Å². The van der Waals surface area contributed by atoms with Crippen LogP contribution in [0.15, 0.2) is 18.5 Å². The first-order chi connectivity index (χ1) is 14.6. The fraction of sp³-hybridized carbons (Fsp3) is 0.619. The van der Waals surface area contributed by atoms with Gasteiger partial charge in [-0.3, -0.25) is 4.90 Å². The lowest BCUT2D eigenvalue weighted by molar-refractivity contribution is -0.0616. The number of fused-ring (bicyclic) bond motifs is 1. The van der Waals surface area contributed by atoms with Crippen LogP contribution in [0, 0.1) is 11.8 Å². The second-order valence-corrected chi connectivity index (χ2v) is 8.97. The number of nitrogens with zero attached hydrogens (tertiary/aromatic N) is 4. The van der Waals surface area contributed by atoms with E-state index in [9.17, 15) is 8.78 Å². The highest BCUT2D eigenvalue weighted by molar-refractivity contribution is 5.64. The number of pyridine rings is 1. The highest BCUT2D eigenvalue weighted by Crippen LogP contribution is 2.57. The summed E-state index contributed by atoms with van der Waals surface area (Å²) >= 11 is 0. The van der Waals surface area contributed by atoms with Gasteiger partial charge in [-0.2, -0.15) is 8.78 Å². The Hall–Kier alpha value is -2.26. The van der Waals surface area contributed by atoms with E-state index in [4.69, 9.17) is 15.5 Å². The van der Waals surface area contributed by atoms with E-state index >= 15 is 0 Å². The van der Waals surface area contributed by atoms with Crippen molar-refractivity contribution in [3.05, 3.63) is 24.3 Å². The molecule has 2 N–H and O–H groups in total. The smallest absolute Gasteiger partial charge is 0.387 e. The number of imidazole rings is 1. The van der Waals surface area contributed by atoms with Crippen LogP contribution in [0.5, 0.6) is 5.75 Å². The van der Waals surface area contributed by atoms with Crippen LogP contribution in [0.3, 0.4) is 0 Å².